The van der Waals surface area contributed by atoms with E-state index in [2.05, 4.69) is 43.7 Å². The van der Waals surface area contributed by atoms with E-state index in [-0.39, 0.29) is 18.3 Å². The van der Waals surface area contributed by atoms with Crippen LogP contribution in [-0.4, -0.2) is 28.3 Å². The maximum absolute atomic E-state index is 6.10. The van der Waals surface area contributed by atoms with Crippen molar-refractivity contribution in [1.29, 1.82) is 0 Å². The third-order valence-electron chi connectivity index (χ3n) is 4.49. The molecular formula is C17H21BN2O2. The Labute approximate surface area is 132 Å². The lowest BCUT2D eigenvalue weighted by Gasteiger charge is -2.32. The van der Waals surface area contributed by atoms with Crippen LogP contribution in [0.1, 0.15) is 33.4 Å². The molecule has 0 saturated carbocycles. The molecule has 0 atom stereocenters. The first-order chi connectivity index (χ1) is 10.3. The summed E-state index contributed by atoms with van der Waals surface area (Å²) in [5.74, 6) is 0. The normalized spacial score (nSPS) is 19.4. The van der Waals surface area contributed by atoms with Crippen LogP contribution >= 0.6 is 0 Å². The van der Waals surface area contributed by atoms with Gasteiger partial charge in [0, 0.05) is 11.8 Å². The first-order valence-electron chi connectivity index (χ1n) is 7.53. The molecule has 0 unspecified atom stereocenters. The summed E-state index contributed by atoms with van der Waals surface area (Å²) >= 11 is 0. The van der Waals surface area contributed by atoms with E-state index in [1.54, 1.807) is 12.4 Å². The molecule has 0 spiro atoms. The van der Waals surface area contributed by atoms with Gasteiger partial charge in [-0.2, -0.15) is 0 Å². The van der Waals surface area contributed by atoms with Crippen LogP contribution in [0.3, 0.4) is 0 Å². The Morgan fingerprint density at radius 2 is 1.64 bits per heavy atom. The van der Waals surface area contributed by atoms with Crippen molar-refractivity contribution >= 4 is 12.6 Å². The molecule has 3 rings (SSSR count). The number of aromatic nitrogens is 2. The van der Waals surface area contributed by atoms with Crippen molar-refractivity contribution in [3.63, 3.8) is 0 Å². The molecule has 1 aromatic carbocycles. The Morgan fingerprint density at radius 1 is 0.955 bits per heavy atom. The molecule has 0 bridgehead atoms. The van der Waals surface area contributed by atoms with Gasteiger partial charge in [0.15, 0.2) is 0 Å². The summed E-state index contributed by atoms with van der Waals surface area (Å²) in [5.41, 5.74) is 3.10. The Hall–Kier alpha value is -1.72. The summed E-state index contributed by atoms with van der Waals surface area (Å²) in [6, 6.07) is 8.10. The monoisotopic (exact) mass is 296 g/mol. The molecule has 1 saturated heterocycles. The van der Waals surface area contributed by atoms with Gasteiger partial charge >= 0.3 is 7.12 Å². The molecule has 114 valence electrons. The second-order valence-corrected chi connectivity index (χ2v) is 6.76. The summed E-state index contributed by atoms with van der Waals surface area (Å²) in [4.78, 5) is 8.73. The van der Waals surface area contributed by atoms with Crippen molar-refractivity contribution in [2.75, 3.05) is 0 Å². The molecule has 2 heterocycles. The predicted molar refractivity (Wildman–Crippen MR) is 87.9 cm³/mol. The van der Waals surface area contributed by atoms with Crippen LogP contribution < -0.4 is 5.46 Å². The fraction of sp³-hybridized carbons (Fsp3) is 0.412. The molecule has 1 aliphatic heterocycles. The van der Waals surface area contributed by atoms with Crippen molar-refractivity contribution in [3.05, 3.63) is 42.4 Å². The van der Waals surface area contributed by atoms with Crippen LogP contribution in [0, 0.1) is 6.92 Å². The third kappa shape index (κ3) is 2.66. The fourth-order valence-electron chi connectivity index (χ4n) is 2.37. The molecule has 0 amide bonds. The van der Waals surface area contributed by atoms with E-state index in [0.29, 0.717) is 0 Å². The quantitative estimate of drug-likeness (QED) is 0.799. The number of hydrogen-bond acceptors (Lipinski definition) is 4. The average molecular weight is 296 g/mol. The van der Waals surface area contributed by atoms with Crippen LogP contribution in [0.2, 0.25) is 0 Å². The second-order valence-electron chi connectivity index (χ2n) is 6.76. The minimum absolute atomic E-state index is 0.336. The van der Waals surface area contributed by atoms with Gasteiger partial charge in [0.1, 0.15) is 0 Å². The topological polar surface area (TPSA) is 44.2 Å². The van der Waals surface area contributed by atoms with E-state index in [1.807, 2.05) is 25.1 Å². The highest BCUT2D eigenvalue weighted by Gasteiger charge is 2.51. The minimum Gasteiger partial charge on any atom is -0.399 e. The second kappa shape index (κ2) is 5.18. The number of benzene rings is 1. The number of aryl methyl sites for hydroxylation is 1. The fourth-order valence-corrected chi connectivity index (χ4v) is 2.37. The Morgan fingerprint density at radius 3 is 2.23 bits per heavy atom. The Balaban J connectivity index is 1.91. The lowest BCUT2D eigenvalue weighted by molar-refractivity contribution is 0.00578. The van der Waals surface area contributed by atoms with Crippen LogP contribution in [-0.2, 0) is 9.31 Å². The van der Waals surface area contributed by atoms with Crippen molar-refractivity contribution in [2.24, 2.45) is 0 Å². The minimum atomic E-state index is -0.358. The number of hydrogen-bond donors (Lipinski definition) is 0. The van der Waals surface area contributed by atoms with Gasteiger partial charge in [-0.3, -0.25) is 9.97 Å². The van der Waals surface area contributed by atoms with Gasteiger partial charge in [0.05, 0.1) is 28.8 Å². The van der Waals surface area contributed by atoms with Crippen molar-refractivity contribution in [3.8, 4) is 11.3 Å². The zero-order valence-corrected chi connectivity index (χ0v) is 13.8. The lowest BCUT2D eigenvalue weighted by atomic mass is 9.78. The molecule has 1 aliphatic rings. The summed E-state index contributed by atoms with van der Waals surface area (Å²) in [6.45, 7) is 10.2. The number of nitrogens with zero attached hydrogens (tertiary/aromatic N) is 2. The zero-order chi connectivity index (χ0) is 16.0. The zero-order valence-electron chi connectivity index (χ0n) is 13.8. The van der Waals surface area contributed by atoms with Crippen molar-refractivity contribution in [1.82, 2.24) is 9.97 Å². The standard InChI is InChI=1S/C17H21BN2O2/c1-12-10-20-15(11-19-12)13-7-6-8-14(9-13)18-21-16(2,3)17(4,5)22-18/h6-11H,1-5H3. The maximum Gasteiger partial charge on any atom is 0.494 e. The van der Waals surface area contributed by atoms with Crippen LogP contribution in [0.25, 0.3) is 11.3 Å². The van der Waals surface area contributed by atoms with Crippen molar-refractivity contribution in [2.45, 2.75) is 45.8 Å². The summed E-state index contributed by atoms with van der Waals surface area (Å²) in [6.07, 6.45) is 3.56. The third-order valence-corrected chi connectivity index (χ3v) is 4.49. The Bertz CT molecular complexity index is 667. The predicted octanol–water partition coefficient (Wildman–Crippen LogP) is 2.75. The molecule has 0 aliphatic carbocycles. The first kappa shape index (κ1) is 15.2. The molecule has 22 heavy (non-hydrogen) atoms. The molecular weight excluding hydrogens is 275 g/mol. The highest BCUT2D eigenvalue weighted by Crippen LogP contribution is 2.36. The maximum atomic E-state index is 6.10. The van der Waals surface area contributed by atoms with Gasteiger partial charge in [-0.25, -0.2) is 0 Å². The van der Waals surface area contributed by atoms with E-state index in [1.165, 1.54) is 0 Å². The molecule has 0 radical (unpaired) electrons. The SMILES string of the molecule is Cc1cnc(-c2cccc(B3OC(C)(C)C(C)(C)O3)c2)cn1. The average Bonchev–Trinajstić information content (AvgIpc) is 2.68. The summed E-state index contributed by atoms with van der Waals surface area (Å²) in [5, 5.41) is 0. The number of rotatable bonds is 2. The van der Waals surface area contributed by atoms with Gasteiger partial charge in [-0.1, -0.05) is 24.3 Å². The largest absolute Gasteiger partial charge is 0.494 e. The van der Waals surface area contributed by atoms with E-state index >= 15 is 0 Å². The van der Waals surface area contributed by atoms with Gasteiger partial charge in [-0.05, 0) is 40.1 Å². The molecule has 1 aromatic heterocycles. The first-order valence-corrected chi connectivity index (χ1v) is 7.53. The molecule has 2 aromatic rings. The van der Waals surface area contributed by atoms with Gasteiger partial charge in [0.25, 0.3) is 0 Å². The van der Waals surface area contributed by atoms with E-state index in [4.69, 9.17) is 9.31 Å². The van der Waals surface area contributed by atoms with Crippen LogP contribution in [0.4, 0.5) is 0 Å². The highest BCUT2D eigenvalue weighted by molar-refractivity contribution is 6.62. The summed E-state index contributed by atoms with van der Waals surface area (Å²) < 4.78 is 12.2. The van der Waals surface area contributed by atoms with Gasteiger partial charge in [-0.15, -0.1) is 0 Å². The molecule has 4 nitrogen and oxygen atoms in total. The molecule has 1 fully saturated rings. The highest BCUT2D eigenvalue weighted by atomic mass is 16.7. The van der Waals surface area contributed by atoms with E-state index < -0.39 is 0 Å². The smallest absolute Gasteiger partial charge is 0.399 e. The summed E-state index contributed by atoms with van der Waals surface area (Å²) in [7, 11) is -0.358. The van der Waals surface area contributed by atoms with Gasteiger partial charge in [0.2, 0.25) is 0 Å². The van der Waals surface area contributed by atoms with E-state index in [0.717, 1.165) is 22.4 Å². The Kier molecular flexibility index (Phi) is 3.58. The molecule has 0 N–H and O–H groups in total. The van der Waals surface area contributed by atoms with Gasteiger partial charge < -0.3 is 9.31 Å². The van der Waals surface area contributed by atoms with Crippen LogP contribution in [0.15, 0.2) is 36.7 Å². The molecule has 5 heteroatoms. The lowest BCUT2D eigenvalue weighted by Crippen LogP contribution is -2.41. The van der Waals surface area contributed by atoms with Crippen molar-refractivity contribution < 1.29 is 9.31 Å². The van der Waals surface area contributed by atoms with Crippen LogP contribution in [0.5, 0.6) is 0 Å². The van der Waals surface area contributed by atoms with E-state index in [9.17, 15) is 0 Å².